The van der Waals surface area contributed by atoms with E-state index >= 15 is 0 Å². The molecule has 11 heavy (non-hydrogen) atoms. The van der Waals surface area contributed by atoms with Crippen LogP contribution in [0.4, 0.5) is 0 Å². The zero-order chi connectivity index (χ0) is 8.69. The third kappa shape index (κ3) is 5.42. The number of rotatable bonds is 5. The Morgan fingerprint density at radius 1 is 1.73 bits per heavy atom. The van der Waals surface area contributed by atoms with Crippen LogP contribution in [-0.4, -0.2) is 24.7 Å². The van der Waals surface area contributed by atoms with Crippen molar-refractivity contribution in [3.05, 3.63) is 11.8 Å². The Balaban J connectivity index is 3.48. The minimum absolute atomic E-state index is 0.0684. The first-order valence-electron chi connectivity index (χ1n) is 3.52. The second kappa shape index (κ2) is 5.73. The van der Waals surface area contributed by atoms with Gasteiger partial charge in [-0.15, -0.1) is 0 Å². The van der Waals surface area contributed by atoms with E-state index in [1.54, 1.807) is 0 Å². The van der Waals surface area contributed by atoms with Crippen molar-refractivity contribution in [3.8, 4) is 0 Å². The maximum Gasteiger partial charge on any atom is 0.351 e. The van der Waals surface area contributed by atoms with Crippen molar-refractivity contribution in [2.45, 2.75) is 12.8 Å². The van der Waals surface area contributed by atoms with Crippen molar-refractivity contribution >= 4 is 5.97 Å². The van der Waals surface area contributed by atoms with Crippen LogP contribution in [0.1, 0.15) is 12.8 Å². The second-order valence-electron chi connectivity index (χ2n) is 2.21. The molecule has 0 radical (unpaired) electrons. The van der Waals surface area contributed by atoms with Crippen LogP contribution in [0.2, 0.25) is 0 Å². The lowest BCUT2D eigenvalue weighted by Gasteiger charge is -1.95. The highest BCUT2D eigenvalue weighted by Crippen LogP contribution is 1.92. The summed E-state index contributed by atoms with van der Waals surface area (Å²) in [6.07, 6.45) is 3.14. The number of carboxylic acids is 1. The van der Waals surface area contributed by atoms with E-state index in [9.17, 15) is 4.79 Å². The van der Waals surface area contributed by atoms with Gasteiger partial charge in [-0.05, 0) is 26.4 Å². The summed E-state index contributed by atoms with van der Waals surface area (Å²) < 4.78 is 0. The van der Waals surface area contributed by atoms with Crippen LogP contribution in [-0.2, 0) is 4.79 Å². The Hall–Kier alpha value is -1.03. The largest absolute Gasteiger partial charge is 0.477 e. The first kappa shape index (κ1) is 9.97. The molecule has 0 aliphatic rings. The highest BCUT2D eigenvalue weighted by atomic mass is 16.4. The molecule has 0 bridgehead atoms. The van der Waals surface area contributed by atoms with Crippen LogP contribution in [0, 0.1) is 0 Å². The molecular formula is C7H14N2O2. The molecule has 0 aromatic rings. The van der Waals surface area contributed by atoms with E-state index in [0.717, 1.165) is 13.0 Å². The number of aliphatic carboxylic acids is 1. The monoisotopic (exact) mass is 158 g/mol. The predicted molar refractivity (Wildman–Crippen MR) is 43.1 cm³/mol. The summed E-state index contributed by atoms with van der Waals surface area (Å²) in [5, 5.41) is 11.3. The average molecular weight is 158 g/mol. The summed E-state index contributed by atoms with van der Waals surface area (Å²) in [4.78, 5) is 10.2. The summed E-state index contributed by atoms with van der Waals surface area (Å²) in [5.74, 6) is -1.05. The van der Waals surface area contributed by atoms with Gasteiger partial charge in [0.05, 0.1) is 0 Å². The van der Waals surface area contributed by atoms with E-state index in [1.807, 2.05) is 7.05 Å². The van der Waals surface area contributed by atoms with Crippen LogP contribution in [0.25, 0.3) is 0 Å². The lowest BCUT2D eigenvalue weighted by molar-refractivity contribution is -0.132. The molecule has 0 heterocycles. The van der Waals surface area contributed by atoms with Gasteiger partial charge in [0.15, 0.2) is 0 Å². The number of hydrogen-bond donors (Lipinski definition) is 3. The van der Waals surface area contributed by atoms with Crippen molar-refractivity contribution in [1.82, 2.24) is 5.32 Å². The van der Waals surface area contributed by atoms with Crippen LogP contribution in [0.15, 0.2) is 11.8 Å². The molecule has 0 fully saturated rings. The molecule has 0 amide bonds. The van der Waals surface area contributed by atoms with Gasteiger partial charge in [-0.25, -0.2) is 4.79 Å². The Morgan fingerprint density at radius 3 is 2.82 bits per heavy atom. The van der Waals surface area contributed by atoms with Gasteiger partial charge in [0.25, 0.3) is 0 Å². The van der Waals surface area contributed by atoms with E-state index in [1.165, 1.54) is 6.08 Å². The highest BCUT2D eigenvalue weighted by molar-refractivity contribution is 5.85. The van der Waals surface area contributed by atoms with E-state index in [4.69, 9.17) is 10.8 Å². The van der Waals surface area contributed by atoms with Crippen LogP contribution in [0.5, 0.6) is 0 Å². The summed E-state index contributed by atoms with van der Waals surface area (Å²) in [5.41, 5.74) is 5.07. The van der Waals surface area contributed by atoms with Gasteiger partial charge in [-0.2, -0.15) is 0 Å². The number of nitrogens with one attached hydrogen (secondary N) is 1. The van der Waals surface area contributed by atoms with Crippen molar-refractivity contribution in [2.24, 2.45) is 5.73 Å². The van der Waals surface area contributed by atoms with Crippen LogP contribution >= 0.6 is 0 Å². The lowest BCUT2D eigenvalue weighted by Crippen LogP contribution is -2.10. The standard InChI is InChI=1S/C7H14N2O2/c1-9-5-3-2-4-6(8)7(10)11/h4,9H,2-3,5,8H2,1H3,(H,10,11)/b6-4+. The molecule has 64 valence electrons. The van der Waals surface area contributed by atoms with Crippen molar-refractivity contribution in [3.63, 3.8) is 0 Å². The molecule has 4 nitrogen and oxygen atoms in total. The molecular weight excluding hydrogens is 144 g/mol. The molecule has 0 spiro atoms. The summed E-state index contributed by atoms with van der Waals surface area (Å²) in [7, 11) is 1.85. The SMILES string of the molecule is CNCCC/C=C(/N)C(=O)O. The maximum atomic E-state index is 10.2. The molecule has 0 aliphatic carbocycles. The fourth-order valence-electron chi connectivity index (χ4n) is 0.624. The summed E-state index contributed by atoms with van der Waals surface area (Å²) >= 11 is 0. The topological polar surface area (TPSA) is 75.3 Å². The molecule has 0 unspecified atom stereocenters. The quantitative estimate of drug-likeness (QED) is 0.386. The van der Waals surface area contributed by atoms with Gasteiger partial charge >= 0.3 is 5.97 Å². The number of carboxylic acid groups (broad SMARTS) is 1. The van der Waals surface area contributed by atoms with Gasteiger partial charge < -0.3 is 16.2 Å². The average Bonchev–Trinajstić information content (AvgIpc) is 1.97. The number of nitrogens with two attached hydrogens (primary N) is 1. The number of allylic oxidation sites excluding steroid dienone is 1. The van der Waals surface area contributed by atoms with Gasteiger partial charge in [-0.3, -0.25) is 0 Å². The summed E-state index contributed by atoms with van der Waals surface area (Å²) in [6.45, 7) is 0.878. The predicted octanol–water partition coefficient (Wildman–Crippen LogP) is -0.0868. The number of carbonyl (C=O) groups is 1. The van der Waals surface area contributed by atoms with E-state index in [-0.39, 0.29) is 5.70 Å². The fourth-order valence-corrected chi connectivity index (χ4v) is 0.624. The van der Waals surface area contributed by atoms with E-state index in [0.29, 0.717) is 6.42 Å². The second-order valence-corrected chi connectivity index (χ2v) is 2.21. The van der Waals surface area contributed by atoms with Gasteiger partial charge in [0.1, 0.15) is 5.70 Å². The molecule has 4 N–H and O–H groups in total. The zero-order valence-electron chi connectivity index (χ0n) is 6.63. The Kier molecular flexibility index (Phi) is 5.20. The minimum atomic E-state index is -1.05. The molecule has 4 heteroatoms. The van der Waals surface area contributed by atoms with E-state index < -0.39 is 5.97 Å². The maximum absolute atomic E-state index is 10.2. The smallest absolute Gasteiger partial charge is 0.351 e. The Morgan fingerprint density at radius 2 is 2.36 bits per heavy atom. The first-order chi connectivity index (χ1) is 5.18. The zero-order valence-corrected chi connectivity index (χ0v) is 6.63. The minimum Gasteiger partial charge on any atom is -0.477 e. The molecule has 0 saturated carbocycles. The van der Waals surface area contributed by atoms with Gasteiger partial charge in [0.2, 0.25) is 0 Å². The molecule has 0 rings (SSSR count). The third-order valence-corrected chi connectivity index (χ3v) is 1.24. The van der Waals surface area contributed by atoms with Crippen LogP contribution < -0.4 is 11.1 Å². The van der Waals surface area contributed by atoms with Crippen molar-refractivity contribution < 1.29 is 9.90 Å². The Labute approximate surface area is 66.1 Å². The van der Waals surface area contributed by atoms with Gasteiger partial charge in [0, 0.05) is 0 Å². The highest BCUT2D eigenvalue weighted by Gasteiger charge is 1.97. The first-order valence-corrected chi connectivity index (χ1v) is 3.52. The van der Waals surface area contributed by atoms with Crippen LogP contribution in [0.3, 0.4) is 0 Å². The molecule has 0 atom stereocenters. The number of hydrogen-bond acceptors (Lipinski definition) is 3. The molecule has 0 saturated heterocycles. The summed E-state index contributed by atoms with van der Waals surface area (Å²) in [6, 6.07) is 0. The molecule has 0 aromatic heterocycles. The third-order valence-electron chi connectivity index (χ3n) is 1.24. The number of unbranched alkanes of at least 4 members (excludes halogenated alkanes) is 1. The fraction of sp³-hybridized carbons (Fsp3) is 0.571. The Bertz CT molecular complexity index is 155. The molecule has 0 aliphatic heterocycles. The van der Waals surface area contributed by atoms with Gasteiger partial charge in [-0.1, -0.05) is 6.08 Å². The van der Waals surface area contributed by atoms with E-state index in [2.05, 4.69) is 5.32 Å². The molecule has 0 aromatic carbocycles. The normalized spacial score (nSPS) is 11.5. The van der Waals surface area contributed by atoms with Crippen molar-refractivity contribution in [1.29, 1.82) is 0 Å². The van der Waals surface area contributed by atoms with Crippen molar-refractivity contribution in [2.75, 3.05) is 13.6 Å². The lowest BCUT2D eigenvalue weighted by atomic mass is 10.2.